The van der Waals surface area contributed by atoms with Crippen LogP contribution >= 0.6 is 0 Å². The van der Waals surface area contributed by atoms with Gasteiger partial charge in [0.25, 0.3) is 5.91 Å². The van der Waals surface area contributed by atoms with Crippen LogP contribution in [0.25, 0.3) is 0 Å². The van der Waals surface area contributed by atoms with Crippen molar-refractivity contribution in [3.05, 3.63) is 11.9 Å². The molecule has 0 radical (unpaired) electrons. The summed E-state index contributed by atoms with van der Waals surface area (Å²) in [5.41, 5.74) is 6.70. The molecule has 2 N–H and O–H groups in total. The zero-order valence-corrected chi connectivity index (χ0v) is 11.6. The fourth-order valence-electron chi connectivity index (χ4n) is 2.54. The standard InChI is InChI=1S/C13H22N4O2/c1-3-17-8-11(14)12(15-17)13(18)16-6-4-5-10(7-16)9-19-2/h8,10H,3-7,9,14H2,1-2H3. The van der Waals surface area contributed by atoms with Crippen LogP contribution in [0.5, 0.6) is 0 Å². The van der Waals surface area contributed by atoms with E-state index >= 15 is 0 Å². The van der Waals surface area contributed by atoms with Gasteiger partial charge in [0, 0.05) is 32.9 Å². The van der Waals surface area contributed by atoms with E-state index in [9.17, 15) is 4.79 Å². The first-order valence-electron chi connectivity index (χ1n) is 6.76. The van der Waals surface area contributed by atoms with E-state index in [0.717, 1.165) is 25.9 Å². The van der Waals surface area contributed by atoms with Crippen molar-refractivity contribution in [2.75, 3.05) is 32.5 Å². The number of amides is 1. The lowest BCUT2D eigenvalue weighted by molar-refractivity contribution is 0.0566. The number of carbonyl (C=O) groups excluding carboxylic acids is 1. The van der Waals surface area contributed by atoms with Gasteiger partial charge in [-0.3, -0.25) is 9.48 Å². The van der Waals surface area contributed by atoms with Gasteiger partial charge in [0.15, 0.2) is 5.69 Å². The van der Waals surface area contributed by atoms with E-state index in [-0.39, 0.29) is 5.91 Å². The van der Waals surface area contributed by atoms with Crippen LogP contribution in [0, 0.1) is 5.92 Å². The van der Waals surface area contributed by atoms with E-state index in [1.807, 2.05) is 11.8 Å². The van der Waals surface area contributed by atoms with Crippen molar-refractivity contribution in [1.29, 1.82) is 0 Å². The summed E-state index contributed by atoms with van der Waals surface area (Å²) in [6, 6.07) is 0. The molecular formula is C13H22N4O2. The number of carbonyl (C=O) groups is 1. The number of likely N-dealkylation sites (tertiary alicyclic amines) is 1. The maximum atomic E-state index is 12.4. The third-order valence-corrected chi connectivity index (χ3v) is 3.53. The highest BCUT2D eigenvalue weighted by Gasteiger charge is 2.27. The maximum absolute atomic E-state index is 12.4. The lowest BCUT2D eigenvalue weighted by Gasteiger charge is -2.32. The number of methoxy groups -OCH3 is 1. The largest absolute Gasteiger partial charge is 0.396 e. The Morgan fingerprint density at radius 1 is 1.63 bits per heavy atom. The summed E-state index contributed by atoms with van der Waals surface area (Å²) in [6.45, 7) is 4.88. The van der Waals surface area contributed by atoms with Crippen LogP contribution in [-0.4, -0.2) is 47.4 Å². The number of nitrogen functional groups attached to an aromatic ring is 1. The summed E-state index contributed by atoms with van der Waals surface area (Å²) >= 11 is 0. The van der Waals surface area contributed by atoms with Crippen LogP contribution in [0.15, 0.2) is 6.20 Å². The minimum atomic E-state index is -0.0643. The molecule has 0 aliphatic carbocycles. The van der Waals surface area contributed by atoms with Crippen molar-refractivity contribution < 1.29 is 9.53 Å². The number of aryl methyl sites for hydroxylation is 1. The van der Waals surface area contributed by atoms with Gasteiger partial charge in [0.05, 0.1) is 12.3 Å². The van der Waals surface area contributed by atoms with Gasteiger partial charge in [0.2, 0.25) is 0 Å². The van der Waals surface area contributed by atoms with Crippen LogP contribution in [-0.2, 0) is 11.3 Å². The Labute approximate surface area is 113 Å². The van der Waals surface area contributed by atoms with Crippen LogP contribution < -0.4 is 5.73 Å². The molecule has 1 fully saturated rings. The van der Waals surface area contributed by atoms with Gasteiger partial charge in [-0.25, -0.2) is 0 Å². The van der Waals surface area contributed by atoms with Crippen molar-refractivity contribution in [2.24, 2.45) is 5.92 Å². The van der Waals surface area contributed by atoms with Gasteiger partial charge < -0.3 is 15.4 Å². The second kappa shape index (κ2) is 6.06. The first-order chi connectivity index (χ1) is 9.15. The van der Waals surface area contributed by atoms with E-state index in [1.165, 1.54) is 0 Å². The molecule has 6 heteroatoms. The second-order valence-corrected chi connectivity index (χ2v) is 5.00. The van der Waals surface area contributed by atoms with Crippen LogP contribution in [0.3, 0.4) is 0 Å². The average Bonchev–Trinajstić information content (AvgIpc) is 2.80. The number of nitrogens with two attached hydrogens (primary N) is 1. The van der Waals surface area contributed by atoms with Crippen molar-refractivity contribution >= 4 is 11.6 Å². The third-order valence-electron chi connectivity index (χ3n) is 3.53. The fourth-order valence-corrected chi connectivity index (χ4v) is 2.54. The molecule has 1 saturated heterocycles. The topological polar surface area (TPSA) is 73.4 Å². The van der Waals surface area contributed by atoms with Crippen LogP contribution in [0.1, 0.15) is 30.3 Å². The van der Waals surface area contributed by atoms with Crippen LogP contribution in [0.2, 0.25) is 0 Å². The predicted octanol–water partition coefficient (Wildman–Crippen LogP) is 0.984. The molecule has 0 aromatic carbocycles. The summed E-state index contributed by atoms with van der Waals surface area (Å²) in [7, 11) is 1.70. The molecule has 2 rings (SSSR count). The summed E-state index contributed by atoms with van der Waals surface area (Å²) < 4.78 is 6.87. The highest BCUT2D eigenvalue weighted by molar-refractivity contribution is 5.97. The van der Waals surface area contributed by atoms with E-state index in [0.29, 0.717) is 30.5 Å². The summed E-state index contributed by atoms with van der Waals surface area (Å²) in [6.07, 6.45) is 3.83. The normalized spacial score (nSPS) is 19.7. The van der Waals surface area contributed by atoms with Gasteiger partial charge in [-0.15, -0.1) is 0 Å². The van der Waals surface area contributed by atoms with E-state index < -0.39 is 0 Å². The quantitative estimate of drug-likeness (QED) is 0.881. The highest BCUT2D eigenvalue weighted by atomic mass is 16.5. The smallest absolute Gasteiger partial charge is 0.276 e. The van der Waals surface area contributed by atoms with Gasteiger partial charge in [-0.05, 0) is 25.7 Å². The molecule has 19 heavy (non-hydrogen) atoms. The Morgan fingerprint density at radius 3 is 3.05 bits per heavy atom. The van der Waals surface area contributed by atoms with Crippen molar-refractivity contribution in [3.8, 4) is 0 Å². The molecule has 0 saturated carbocycles. The SMILES string of the molecule is CCn1cc(N)c(C(=O)N2CCCC(COC)C2)n1. The monoisotopic (exact) mass is 266 g/mol. The van der Waals surface area contributed by atoms with Crippen molar-refractivity contribution in [2.45, 2.75) is 26.3 Å². The molecule has 1 aliphatic heterocycles. The Kier molecular flexibility index (Phi) is 4.42. The lowest BCUT2D eigenvalue weighted by atomic mass is 9.98. The molecule has 0 spiro atoms. The molecule has 106 valence electrons. The van der Waals surface area contributed by atoms with Gasteiger partial charge in [-0.1, -0.05) is 0 Å². The lowest BCUT2D eigenvalue weighted by Crippen LogP contribution is -2.41. The Balaban J connectivity index is 2.07. The fraction of sp³-hybridized carbons (Fsp3) is 0.692. The minimum absolute atomic E-state index is 0.0643. The van der Waals surface area contributed by atoms with Gasteiger partial charge in [0.1, 0.15) is 0 Å². The number of anilines is 1. The number of ether oxygens (including phenoxy) is 1. The van der Waals surface area contributed by atoms with Gasteiger partial charge in [-0.2, -0.15) is 5.10 Å². The zero-order chi connectivity index (χ0) is 13.8. The molecule has 1 aromatic heterocycles. The first-order valence-corrected chi connectivity index (χ1v) is 6.76. The first kappa shape index (κ1) is 13.9. The second-order valence-electron chi connectivity index (χ2n) is 5.00. The maximum Gasteiger partial charge on any atom is 0.276 e. The number of hydrogen-bond donors (Lipinski definition) is 1. The number of nitrogens with zero attached hydrogens (tertiary/aromatic N) is 3. The molecule has 6 nitrogen and oxygen atoms in total. The number of piperidine rings is 1. The van der Waals surface area contributed by atoms with E-state index in [1.54, 1.807) is 18.0 Å². The van der Waals surface area contributed by atoms with E-state index in [4.69, 9.17) is 10.5 Å². The molecule has 0 bridgehead atoms. The molecule has 1 atom stereocenters. The van der Waals surface area contributed by atoms with E-state index in [2.05, 4.69) is 5.10 Å². The number of hydrogen-bond acceptors (Lipinski definition) is 4. The highest BCUT2D eigenvalue weighted by Crippen LogP contribution is 2.20. The number of aromatic nitrogens is 2. The van der Waals surface area contributed by atoms with Crippen molar-refractivity contribution in [3.63, 3.8) is 0 Å². The van der Waals surface area contributed by atoms with Gasteiger partial charge >= 0.3 is 0 Å². The molecular weight excluding hydrogens is 244 g/mol. The molecule has 1 aromatic rings. The summed E-state index contributed by atoms with van der Waals surface area (Å²) in [5, 5.41) is 4.24. The van der Waals surface area contributed by atoms with Crippen LogP contribution in [0.4, 0.5) is 5.69 Å². The zero-order valence-electron chi connectivity index (χ0n) is 11.6. The Hall–Kier alpha value is -1.56. The molecule has 2 heterocycles. The predicted molar refractivity (Wildman–Crippen MR) is 72.8 cm³/mol. The molecule has 1 unspecified atom stereocenters. The third kappa shape index (κ3) is 3.07. The minimum Gasteiger partial charge on any atom is -0.396 e. The number of rotatable bonds is 4. The Bertz CT molecular complexity index is 442. The Morgan fingerprint density at radius 2 is 2.42 bits per heavy atom. The molecule has 1 amide bonds. The summed E-state index contributed by atoms with van der Waals surface area (Å²) in [4.78, 5) is 14.3. The molecule has 1 aliphatic rings. The van der Waals surface area contributed by atoms with Crippen molar-refractivity contribution in [1.82, 2.24) is 14.7 Å². The average molecular weight is 266 g/mol. The summed E-state index contributed by atoms with van der Waals surface area (Å²) in [5.74, 6) is 0.350.